The third kappa shape index (κ3) is 7.94. The van der Waals surface area contributed by atoms with E-state index in [9.17, 15) is 13.8 Å². The second-order valence-electron chi connectivity index (χ2n) is 11.8. The third-order valence-corrected chi connectivity index (χ3v) is 9.61. The average molecular weight is 708 g/mol. The van der Waals surface area contributed by atoms with Gasteiger partial charge >= 0.3 is 13.7 Å². The summed E-state index contributed by atoms with van der Waals surface area (Å²) >= 11 is 6.26. The smallest absolute Gasteiger partial charge is 0.459 e. The van der Waals surface area contributed by atoms with Crippen molar-refractivity contribution < 1.29 is 36.7 Å². The lowest BCUT2D eigenvalue weighted by Crippen LogP contribution is -2.41. The molecule has 1 aliphatic rings. The SMILES string of the molecule is CC(C)OC(=O)[C@H](C)NP(=O)(OC[C@H]1O[C@@H](n2cnc3c(Nc4ccc(F)cc4)nc(Cl)nc32)C(F)C1(C)CCN)Oc1ccccc1. The zero-order valence-corrected chi connectivity index (χ0v) is 28.3. The average Bonchev–Trinajstić information content (AvgIpc) is 3.55. The normalized spacial score (nSPS) is 22.8. The van der Waals surface area contributed by atoms with Crippen molar-refractivity contribution in [3.63, 3.8) is 0 Å². The van der Waals surface area contributed by atoms with E-state index in [1.54, 1.807) is 51.1 Å². The van der Waals surface area contributed by atoms with Crippen LogP contribution >= 0.6 is 19.3 Å². The van der Waals surface area contributed by atoms with Crippen LogP contribution in [-0.4, -0.2) is 63.1 Å². The van der Waals surface area contributed by atoms with Crippen molar-refractivity contribution in [2.24, 2.45) is 11.1 Å². The summed E-state index contributed by atoms with van der Waals surface area (Å²) in [7, 11) is -4.28. The first-order valence-corrected chi connectivity index (χ1v) is 17.1. The summed E-state index contributed by atoms with van der Waals surface area (Å²) in [5.74, 6) is -0.657. The second-order valence-corrected chi connectivity index (χ2v) is 13.8. The highest BCUT2D eigenvalue weighted by molar-refractivity contribution is 7.52. The van der Waals surface area contributed by atoms with Crippen LogP contribution in [0.4, 0.5) is 20.3 Å². The van der Waals surface area contributed by atoms with E-state index < -0.39 is 62.2 Å². The van der Waals surface area contributed by atoms with Crippen molar-refractivity contribution in [2.45, 2.75) is 64.8 Å². The zero-order chi connectivity index (χ0) is 34.6. The first-order chi connectivity index (χ1) is 22.8. The molecule has 6 atom stereocenters. The molecular weight excluding hydrogens is 671 g/mol. The number of hydrogen-bond donors (Lipinski definition) is 3. The lowest BCUT2D eigenvalue weighted by atomic mass is 9.78. The van der Waals surface area contributed by atoms with E-state index in [2.05, 4.69) is 25.4 Å². The molecule has 2 aromatic carbocycles. The van der Waals surface area contributed by atoms with Gasteiger partial charge in [-0.3, -0.25) is 13.9 Å². The molecule has 2 aromatic heterocycles. The molecule has 0 radical (unpaired) electrons. The van der Waals surface area contributed by atoms with E-state index in [0.29, 0.717) is 5.69 Å². The second kappa shape index (κ2) is 14.8. The van der Waals surface area contributed by atoms with Crippen LogP contribution in [-0.2, 0) is 23.4 Å². The summed E-state index contributed by atoms with van der Waals surface area (Å²) in [6, 6.07) is 12.8. The largest absolute Gasteiger partial charge is 0.462 e. The number of ether oxygens (including phenoxy) is 2. The molecule has 0 amide bonds. The van der Waals surface area contributed by atoms with Crippen LogP contribution in [0, 0.1) is 11.2 Å². The molecule has 0 saturated carbocycles. The van der Waals surface area contributed by atoms with Gasteiger partial charge < -0.3 is 25.0 Å². The first-order valence-electron chi connectivity index (χ1n) is 15.2. The Kier molecular flexibility index (Phi) is 11.0. The molecule has 0 aliphatic carbocycles. The van der Waals surface area contributed by atoms with Crippen LogP contribution in [0.15, 0.2) is 60.9 Å². The summed E-state index contributed by atoms with van der Waals surface area (Å²) in [5, 5.41) is 5.51. The van der Waals surface area contributed by atoms with Gasteiger partial charge in [0.25, 0.3) is 0 Å². The number of anilines is 2. The predicted molar refractivity (Wildman–Crippen MR) is 175 cm³/mol. The van der Waals surface area contributed by atoms with Gasteiger partial charge in [0.05, 0.1) is 25.1 Å². The Labute approximate surface area is 281 Å². The number of carbonyl (C=O) groups is 1. The van der Waals surface area contributed by atoms with Gasteiger partial charge in [-0.1, -0.05) is 25.1 Å². The number of rotatable bonds is 14. The van der Waals surface area contributed by atoms with E-state index in [4.69, 9.17) is 35.9 Å². The molecule has 13 nitrogen and oxygen atoms in total. The number of nitrogens with one attached hydrogen (secondary N) is 2. The Bertz CT molecular complexity index is 1770. The van der Waals surface area contributed by atoms with E-state index in [1.807, 2.05) is 0 Å². The molecule has 1 fully saturated rings. The maximum Gasteiger partial charge on any atom is 0.459 e. The number of aromatic nitrogens is 4. The van der Waals surface area contributed by atoms with Gasteiger partial charge in [-0.25, -0.2) is 18.3 Å². The molecule has 3 heterocycles. The van der Waals surface area contributed by atoms with Crippen LogP contribution in [0.5, 0.6) is 5.75 Å². The van der Waals surface area contributed by atoms with Crippen LogP contribution in [0.3, 0.4) is 0 Å². The minimum Gasteiger partial charge on any atom is -0.462 e. The summed E-state index contributed by atoms with van der Waals surface area (Å²) in [6.45, 7) is 6.20. The number of nitrogens with two attached hydrogens (primary N) is 1. The Balaban J connectivity index is 1.42. The van der Waals surface area contributed by atoms with Crippen molar-refractivity contribution in [2.75, 3.05) is 18.5 Å². The monoisotopic (exact) mass is 707 g/mol. The maximum atomic E-state index is 16.6. The molecule has 5 rings (SSSR count). The predicted octanol–water partition coefficient (Wildman–Crippen LogP) is 6.09. The standard InChI is InChI=1S/C31H37ClF2N7O6P/c1-18(2)45-29(42)19(3)40-48(43,47-22-8-6-5-7-9-22)44-16-23-31(4,14-15-35)25(34)28(46-23)41-17-36-24-26(38-30(32)39-27(24)41)37-21-12-10-20(33)11-13-21/h5-13,17-19,23,25,28H,14-16,35H2,1-4H3,(H,40,43)(H,37,38,39)/t19-,23+,25?,28+,31?,48?/m0/s1. The van der Waals surface area contributed by atoms with Gasteiger partial charge in [-0.05, 0) is 81.7 Å². The third-order valence-electron chi connectivity index (χ3n) is 7.80. The molecule has 1 saturated heterocycles. The fourth-order valence-electron chi connectivity index (χ4n) is 5.28. The number of benzene rings is 2. The van der Waals surface area contributed by atoms with Crippen molar-refractivity contribution >= 4 is 48.0 Å². The Morgan fingerprint density at radius 1 is 1.17 bits per heavy atom. The molecule has 1 aliphatic heterocycles. The number of alkyl halides is 1. The lowest BCUT2D eigenvalue weighted by Gasteiger charge is -2.32. The lowest BCUT2D eigenvalue weighted by molar-refractivity contribution is -0.149. The highest BCUT2D eigenvalue weighted by Gasteiger charge is 2.55. The van der Waals surface area contributed by atoms with E-state index >= 15 is 4.39 Å². The van der Waals surface area contributed by atoms with Crippen molar-refractivity contribution in [1.82, 2.24) is 24.6 Å². The summed E-state index contributed by atoms with van der Waals surface area (Å²) in [4.78, 5) is 25.5. The molecule has 4 aromatic rings. The highest BCUT2D eigenvalue weighted by atomic mass is 35.5. The summed E-state index contributed by atoms with van der Waals surface area (Å²) in [5.41, 5.74) is 5.62. The highest BCUT2D eigenvalue weighted by Crippen LogP contribution is 2.51. The topological polar surface area (TPSA) is 165 Å². The molecule has 0 bridgehead atoms. The van der Waals surface area contributed by atoms with Crippen LogP contribution in [0.1, 0.15) is 40.3 Å². The molecule has 48 heavy (non-hydrogen) atoms. The van der Waals surface area contributed by atoms with E-state index in [1.165, 1.54) is 42.1 Å². The number of fused-ring (bicyclic) bond motifs is 1. The van der Waals surface area contributed by atoms with Gasteiger partial charge in [0, 0.05) is 11.1 Å². The van der Waals surface area contributed by atoms with Crippen LogP contribution < -0.4 is 20.7 Å². The van der Waals surface area contributed by atoms with Gasteiger partial charge in [-0.15, -0.1) is 0 Å². The number of esters is 1. The Hall–Kier alpha value is -3.72. The number of hydrogen-bond acceptors (Lipinski definition) is 11. The molecular formula is C31H37ClF2N7O6P. The Morgan fingerprint density at radius 2 is 1.88 bits per heavy atom. The molecule has 4 N–H and O–H groups in total. The molecule has 3 unspecified atom stereocenters. The number of halogens is 3. The number of imidazole rings is 1. The number of para-hydroxylation sites is 1. The van der Waals surface area contributed by atoms with Crippen molar-refractivity contribution in [1.29, 1.82) is 0 Å². The van der Waals surface area contributed by atoms with E-state index in [0.717, 1.165) is 0 Å². The summed E-state index contributed by atoms with van der Waals surface area (Å²) < 4.78 is 68.6. The van der Waals surface area contributed by atoms with Crippen molar-refractivity contribution in [3.8, 4) is 5.75 Å². The minimum atomic E-state index is -4.28. The maximum absolute atomic E-state index is 16.6. The Morgan fingerprint density at radius 3 is 2.54 bits per heavy atom. The fourth-order valence-corrected chi connectivity index (χ4v) is 6.93. The minimum absolute atomic E-state index is 0.114. The van der Waals surface area contributed by atoms with Crippen LogP contribution in [0.2, 0.25) is 5.28 Å². The molecule has 0 spiro atoms. The first kappa shape index (κ1) is 35.6. The van der Waals surface area contributed by atoms with E-state index in [-0.39, 0.29) is 41.0 Å². The summed E-state index contributed by atoms with van der Waals surface area (Å²) in [6.07, 6.45) is -2.83. The van der Waals surface area contributed by atoms with Crippen LogP contribution in [0.25, 0.3) is 11.2 Å². The molecule has 17 heteroatoms. The van der Waals surface area contributed by atoms with Crippen molar-refractivity contribution in [3.05, 3.63) is 72.0 Å². The zero-order valence-electron chi connectivity index (χ0n) is 26.7. The van der Waals surface area contributed by atoms with Gasteiger partial charge in [0.1, 0.15) is 17.6 Å². The quantitative estimate of drug-likeness (QED) is 0.0786. The number of carbonyl (C=O) groups excluding carboxylic acids is 1. The molecule has 258 valence electrons. The fraction of sp³-hybridized carbons (Fsp3) is 0.419. The number of nitrogens with zero attached hydrogens (tertiary/aromatic N) is 4. The van der Waals surface area contributed by atoms with Gasteiger partial charge in [-0.2, -0.15) is 15.1 Å². The van der Waals surface area contributed by atoms with Gasteiger partial charge in [0.15, 0.2) is 29.4 Å². The van der Waals surface area contributed by atoms with Gasteiger partial charge in [0.2, 0.25) is 5.28 Å².